The number of carbonyl (C=O) groups is 3. The number of rotatable bonds is 4. The number of para-hydroxylation sites is 1. The summed E-state index contributed by atoms with van der Waals surface area (Å²) in [6.07, 6.45) is 0. The Hall–Kier alpha value is -4.34. The number of hydrogen-bond acceptors (Lipinski definition) is 6. The standard InChI is InChI=1S/C20H15N5O5/c1-20(13-7-9-14(10-8-13)25(29)30)18(27)24(19(28)22-20)23-17(26)16-11-6-12-4-2-3-5-15(12)21-16/h2-11H,1H3,(H,22,28)(H,23,26)/t20-/m1/s1. The maximum Gasteiger partial charge on any atom is 0.344 e. The summed E-state index contributed by atoms with van der Waals surface area (Å²) < 4.78 is 0. The topological polar surface area (TPSA) is 135 Å². The monoisotopic (exact) mass is 405 g/mol. The van der Waals surface area contributed by atoms with Gasteiger partial charge < -0.3 is 5.32 Å². The van der Waals surface area contributed by atoms with E-state index in [9.17, 15) is 24.5 Å². The molecule has 0 aliphatic carbocycles. The number of carbonyl (C=O) groups excluding carboxylic acids is 3. The minimum absolute atomic E-state index is 0.0400. The molecule has 1 aliphatic rings. The van der Waals surface area contributed by atoms with Crippen LogP contribution in [0.4, 0.5) is 10.5 Å². The summed E-state index contributed by atoms with van der Waals surface area (Å²) in [5, 5.41) is 14.8. The number of urea groups is 1. The molecule has 30 heavy (non-hydrogen) atoms. The fourth-order valence-electron chi connectivity index (χ4n) is 3.20. The molecule has 2 N–H and O–H groups in total. The van der Waals surface area contributed by atoms with Gasteiger partial charge in [-0.2, -0.15) is 5.01 Å². The predicted molar refractivity (Wildman–Crippen MR) is 105 cm³/mol. The van der Waals surface area contributed by atoms with E-state index in [1.807, 2.05) is 12.1 Å². The van der Waals surface area contributed by atoms with Gasteiger partial charge >= 0.3 is 6.03 Å². The van der Waals surface area contributed by atoms with Crippen LogP contribution in [-0.2, 0) is 10.3 Å². The van der Waals surface area contributed by atoms with Gasteiger partial charge in [0.1, 0.15) is 11.2 Å². The van der Waals surface area contributed by atoms with Gasteiger partial charge in [0.05, 0.1) is 10.4 Å². The van der Waals surface area contributed by atoms with E-state index in [4.69, 9.17) is 0 Å². The first-order valence-corrected chi connectivity index (χ1v) is 8.88. The summed E-state index contributed by atoms with van der Waals surface area (Å²) in [5.41, 5.74) is 1.61. The number of aromatic nitrogens is 1. The normalized spacial score (nSPS) is 18.4. The molecule has 150 valence electrons. The number of benzene rings is 2. The molecule has 4 rings (SSSR count). The maximum atomic E-state index is 12.9. The van der Waals surface area contributed by atoms with E-state index >= 15 is 0 Å². The molecule has 10 nitrogen and oxygen atoms in total. The Morgan fingerprint density at radius 1 is 1.10 bits per heavy atom. The van der Waals surface area contributed by atoms with Crippen molar-refractivity contribution in [2.75, 3.05) is 0 Å². The smallest absolute Gasteiger partial charge is 0.318 e. The number of imide groups is 1. The lowest BCUT2D eigenvalue weighted by Gasteiger charge is -2.22. The largest absolute Gasteiger partial charge is 0.344 e. The van der Waals surface area contributed by atoms with Gasteiger partial charge in [0.25, 0.3) is 17.5 Å². The Kier molecular flexibility index (Phi) is 4.38. The quantitative estimate of drug-likeness (QED) is 0.388. The fraction of sp³-hybridized carbons (Fsp3) is 0.100. The molecule has 2 heterocycles. The third kappa shape index (κ3) is 3.09. The van der Waals surface area contributed by atoms with Gasteiger partial charge in [0.15, 0.2) is 0 Å². The number of hydrogen-bond donors (Lipinski definition) is 2. The number of nitrogens with one attached hydrogen (secondary N) is 2. The third-order valence-electron chi connectivity index (χ3n) is 4.89. The number of nitrogens with zero attached hydrogens (tertiary/aromatic N) is 3. The van der Waals surface area contributed by atoms with Crippen LogP contribution >= 0.6 is 0 Å². The first-order chi connectivity index (χ1) is 14.3. The average molecular weight is 405 g/mol. The predicted octanol–water partition coefficient (Wildman–Crippen LogP) is 2.25. The number of nitro groups is 1. The minimum atomic E-state index is -1.49. The number of amides is 4. The minimum Gasteiger partial charge on any atom is -0.318 e. The Morgan fingerprint density at radius 2 is 1.80 bits per heavy atom. The van der Waals surface area contributed by atoms with Crippen molar-refractivity contribution in [1.29, 1.82) is 0 Å². The zero-order valence-electron chi connectivity index (χ0n) is 15.7. The van der Waals surface area contributed by atoms with Crippen molar-refractivity contribution in [2.24, 2.45) is 0 Å². The lowest BCUT2D eigenvalue weighted by molar-refractivity contribution is -0.384. The molecule has 0 bridgehead atoms. The molecule has 1 aromatic heterocycles. The molecular weight excluding hydrogens is 390 g/mol. The van der Waals surface area contributed by atoms with Gasteiger partial charge in [0.2, 0.25) is 0 Å². The van der Waals surface area contributed by atoms with Crippen LogP contribution in [-0.4, -0.2) is 32.8 Å². The summed E-state index contributed by atoms with van der Waals surface area (Å²) in [6, 6.07) is 14.8. The van der Waals surface area contributed by atoms with E-state index < -0.39 is 28.3 Å². The second-order valence-electron chi connectivity index (χ2n) is 6.83. The molecule has 10 heteroatoms. The van der Waals surface area contributed by atoms with E-state index in [1.165, 1.54) is 37.3 Å². The van der Waals surface area contributed by atoms with Crippen molar-refractivity contribution in [3.63, 3.8) is 0 Å². The fourth-order valence-corrected chi connectivity index (χ4v) is 3.20. The van der Waals surface area contributed by atoms with Crippen molar-refractivity contribution in [3.8, 4) is 0 Å². The molecule has 1 saturated heterocycles. The molecule has 0 saturated carbocycles. The number of fused-ring (bicyclic) bond motifs is 1. The van der Waals surface area contributed by atoms with Crippen molar-refractivity contribution in [2.45, 2.75) is 12.5 Å². The molecular formula is C20H15N5O5. The summed E-state index contributed by atoms with van der Waals surface area (Å²) in [5.74, 6) is -1.45. The van der Waals surface area contributed by atoms with Gasteiger partial charge in [0, 0.05) is 17.5 Å². The highest BCUT2D eigenvalue weighted by Gasteiger charge is 2.50. The number of nitro benzene ring substituents is 1. The van der Waals surface area contributed by atoms with Crippen LogP contribution in [0.1, 0.15) is 23.0 Å². The van der Waals surface area contributed by atoms with Crippen LogP contribution in [0.3, 0.4) is 0 Å². The zero-order valence-corrected chi connectivity index (χ0v) is 15.7. The lowest BCUT2D eigenvalue weighted by atomic mass is 9.92. The van der Waals surface area contributed by atoms with E-state index in [0.717, 1.165) is 5.39 Å². The van der Waals surface area contributed by atoms with Crippen LogP contribution in [0.15, 0.2) is 60.7 Å². The second kappa shape index (κ2) is 6.92. The van der Waals surface area contributed by atoms with Crippen LogP contribution < -0.4 is 10.7 Å². The van der Waals surface area contributed by atoms with Gasteiger partial charge in [-0.25, -0.2) is 9.78 Å². The molecule has 0 spiro atoms. The molecule has 1 fully saturated rings. The van der Waals surface area contributed by atoms with Gasteiger partial charge in [-0.3, -0.25) is 25.1 Å². The van der Waals surface area contributed by atoms with Crippen molar-refractivity contribution in [1.82, 2.24) is 20.7 Å². The van der Waals surface area contributed by atoms with Crippen molar-refractivity contribution < 1.29 is 19.3 Å². The number of non-ortho nitro benzene ring substituents is 1. The molecule has 1 atom stereocenters. The highest BCUT2D eigenvalue weighted by atomic mass is 16.6. The highest BCUT2D eigenvalue weighted by molar-refractivity contribution is 6.09. The van der Waals surface area contributed by atoms with E-state index in [2.05, 4.69) is 15.7 Å². The summed E-state index contributed by atoms with van der Waals surface area (Å²) in [7, 11) is 0. The van der Waals surface area contributed by atoms with Crippen LogP contribution in [0.25, 0.3) is 10.9 Å². The van der Waals surface area contributed by atoms with Gasteiger partial charge in [-0.15, -0.1) is 0 Å². The molecule has 3 aromatic rings. The number of hydrazine groups is 1. The van der Waals surface area contributed by atoms with E-state index in [-0.39, 0.29) is 11.4 Å². The molecule has 4 amide bonds. The Bertz CT molecular complexity index is 1210. The van der Waals surface area contributed by atoms with Crippen LogP contribution in [0.2, 0.25) is 0 Å². The average Bonchev–Trinajstić information content (AvgIpc) is 2.97. The van der Waals surface area contributed by atoms with Crippen molar-refractivity contribution in [3.05, 3.63) is 82.0 Å². The molecule has 2 aromatic carbocycles. The van der Waals surface area contributed by atoms with E-state index in [1.54, 1.807) is 18.2 Å². The first-order valence-electron chi connectivity index (χ1n) is 8.88. The van der Waals surface area contributed by atoms with Crippen LogP contribution in [0.5, 0.6) is 0 Å². The summed E-state index contributed by atoms with van der Waals surface area (Å²) >= 11 is 0. The first kappa shape index (κ1) is 19.0. The van der Waals surface area contributed by atoms with Gasteiger partial charge in [-0.05, 0) is 36.8 Å². The third-order valence-corrected chi connectivity index (χ3v) is 4.89. The summed E-state index contributed by atoms with van der Waals surface area (Å²) in [4.78, 5) is 52.4. The lowest BCUT2D eigenvalue weighted by Crippen LogP contribution is -2.48. The Balaban J connectivity index is 1.57. The van der Waals surface area contributed by atoms with Crippen molar-refractivity contribution >= 4 is 34.4 Å². The zero-order chi connectivity index (χ0) is 21.5. The Morgan fingerprint density at radius 3 is 2.50 bits per heavy atom. The SMILES string of the molecule is C[C@]1(c2ccc([N+](=O)[O-])cc2)NC(=O)N(NC(=O)c2ccc3ccccc3n2)C1=O. The highest BCUT2D eigenvalue weighted by Crippen LogP contribution is 2.29. The van der Waals surface area contributed by atoms with Gasteiger partial charge in [-0.1, -0.05) is 24.3 Å². The molecule has 0 radical (unpaired) electrons. The molecule has 1 aliphatic heterocycles. The van der Waals surface area contributed by atoms with Crippen LogP contribution in [0, 0.1) is 10.1 Å². The second-order valence-corrected chi connectivity index (χ2v) is 6.83. The maximum absolute atomic E-state index is 12.9. The number of pyridine rings is 1. The molecule has 0 unspecified atom stereocenters. The van der Waals surface area contributed by atoms with E-state index in [0.29, 0.717) is 16.1 Å². The Labute approximate surface area is 169 Å². The summed E-state index contributed by atoms with van der Waals surface area (Å²) in [6.45, 7) is 1.45.